The van der Waals surface area contributed by atoms with Crippen LogP contribution in [0, 0.1) is 11.3 Å². The fourth-order valence-corrected chi connectivity index (χ4v) is 3.11. The molecule has 3 unspecified atom stereocenters. The van der Waals surface area contributed by atoms with Crippen LogP contribution >= 0.6 is 0 Å². The average Bonchev–Trinajstić information content (AvgIpc) is 2.79. The summed E-state index contributed by atoms with van der Waals surface area (Å²) in [5.74, 6) is 0. The average molecular weight is 257 g/mol. The van der Waals surface area contributed by atoms with Crippen molar-refractivity contribution in [2.24, 2.45) is 5.73 Å². The SMILES string of the molecule is N#CC(N)(CN1CC2CCC(C1)O2)c1ccccc1. The molecular formula is C15H19N3O. The molecule has 3 rings (SSSR count). The van der Waals surface area contributed by atoms with E-state index in [0.29, 0.717) is 18.8 Å². The molecule has 3 atom stereocenters. The second-order valence-electron chi connectivity index (χ2n) is 5.60. The van der Waals surface area contributed by atoms with Crippen LogP contribution in [0.15, 0.2) is 30.3 Å². The Kier molecular flexibility index (Phi) is 3.28. The van der Waals surface area contributed by atoms with Crippen molar-refractivity contribution in [3.8, 4) is 6.07 Å². The van der Waals surface area contributed by atoms with Gasteiger partial charge < -0.3 is 10.5 Å². The minimum Gasteiger partial charge on any atom is -0.372 e. The predicted molar refractivity (Wildman–Crippen MR) is 72.3 cm³/mol. The van der Waals surface area contributed by atoms with Gasteiger partial charge in [0, 0.05) is 19.6 Å². The Bertz CT molecular complexity index is 472. The summed E-state index contributed by atoms with van der Waals surface area (Å²) in [6, 6.07) is 11.9. The second kappa shape index (κ2) is 4.93. The number of hydrogen-bond acceptors (Lipinski definition) is 4. The Morgan fingerprint density at radius 2 is 1.89 bits per heavy atom. The summed E-state index contributed by atoms with van der Waals surface area (Å²) in [4.78, 5) is 2.28. The van der Waals surface area contributed by atoms with Crippen LogP contribution in [0.25, 0.3) is 0 Å². The number of nitrogens with two attached hydrogens (primary N) is 1. The van der Waals surface area contributed by atoms with Crippen LogP contribution in [0.2, 0.25) is 0 Å². The van der Waals surface area contributed by atoms with Gasteiger partial charge in [-0.25, -0.2) is 0 Å². The van der Waals surface area contributed by atoms with Crippen molar-refractivity contribution < 1.29 is 4.74 Å². The summed E-state index contributed by atoms with van der Waals surface area (Å²) >= 11 is 0. The van der Waals surface area contributed by atoms with Crippen LogP contribution in [0.3, 0.4) is 0 Å². The maximum atomic E-state index is 9.48. The Labute approximate surface area is 113 Å². The first-order valence-electron chi connectivity index (χ1n) is 6.83. The molecule has 2 aliphatic rings. The molecule has 2 N–H and O–H groups in total. The van der Waals surface area contributed by atoms with E-state index in [4.69, 9.17) is 10.5 Å². The fraction of sp³-hybridized carbons (Fsp3) is 0.533. The number of nitriles is 1. The highest BCUT2D eigenvalue weighted by Gasteiger charge is 2.38. The summed E-state index contributed by atoms with van der Waals surface area (Å²) in [6.45, 7) is 2.36. The summed E-state index contributed by atoms with van der Waals surface area (Å²) in [5.41, 5.74) is 6.27. The topological polar surface area (TPSA) is 62.3 Å². The zero-order valence-corrected chi connectivity index (χ0v) is 11.0. The van der Waals surface area contributed by atoms with E-state index in [9.17, 15) is 5.26 Å². The summed E-state index contributed by atoms with van der Waals surface area (Å²) < 4.78 is 5.82. The Morgan fingerprint density at radius 3 is 2.47 bits per heavy atom. The van der Waals surface area contributed by atoms with Gasteiger partial charge in [-0.1, -0.05) is 30.3 Å². The van der Waals surface area contributed by atoms with Crippen molar-refractivity contribution in [1.29, 1.82) is 5.26 Å². The monoisotopic (exact) mass is 257 g/mol. The molecule has 0 radical (unpaired) electrons. The van der Waals surface area contributed by atoms with E-state index in [-0.39, 0.29) is 0 Å². The number of morpholine rings is 1. The molecular weight excluding hydrogens is 238 g/mol. The maximum Gasteiger partial charge on any atom is 0.142 e. The van der Waals surface area contributed by atoms with E-state index in [1.54, 1.807) is 0 Å². The third-order valence-corrected chi connectivity index (χ3v) is 4.08. The Hall–Kier alpha value is -1.41. The van der Waals surface area contributed by atoms with Gasteiger partial charge in [-0.3, -0.25) is 4.90 Å². The van der Waals surface area contributed by atoms with Crippen molar-refractivity contribution in [2.45, 2.75) is 30.6 Å². The van der Waals surface area contributed by atoms with Gasteiger partial charge in [0.1, 0.15) is 5.54 Å². The van der Waals surface area contributed by atoms with Crippen molar-refractivity contribution in [2.75, 3.05) is 19.6 Å². The molecule has 0 spiro atoms. The molecule has 100 valence electrons. The van der Waals surface area contributed by atoms with Gasteiger partial charge in [-0.2, -0.15) is 5.26 Å². The molecule has 0 aliphatic carbocycles. The summed E-state index contributed by atoms with van der Waals surface area (Å²) in [5, 5.41) is 9.48. The third kappa shape index (κ3) is 2.50. The maximum absolute atomic E-state index is 9.48. The van der Waals surface area contributed by atoms with Crippen LogP contribution in [-0.2, 0) is 10.3 Å². The molecule has 2 bridgehead atoms. The van der Waals surface area contributed by atoms with Crippen molar-refractivity contribution in [3.63, 3.8) is 0 Å². The standard InChI is InChI=1S/C15H19N3O/c16-10-15(17,12-4-2-1-3-5-12)11-18-8-13-6-7-14(9-18)19-13/h1-5,13-14H,6-9,11,17H2. The van der Waals surface area contributed by atoms with Gasteiger partial charge in [-0.15, -0.1) is 0 Å². The fourth-order valence-electron chi connectivity index (χ4n) is 3.11. The van der Waals surface area contributed by atoms with Crippen LogP contribution < -0.4 is 5.73 Å². The Morgan fingerprint density at radius 1 is 1.26 bits per heavy atom. The first-order valence-corrected chi connectivity index (χ1v) is 6.83. The zero-order valence-electron chi connectivity index (χ0n) is 11.0. The molecule has 1 aromatic carbocycles. The molecule has 0 amide bonds. The lowest BCUT2D eigenvalue weighted by atomic mass is 9.91. The largest absolute Gasteiger partial charge is 0.372 e. The minimum atomic E-state index is -0.933. The first-order chi connectivity index (χ1) is 9.19. The van der Waals surface area contributed by atoms with Gasteiger partial charge in [0.25, 0.3) is 0 Å². The van der Waals surface area contributed by atoms with Gasteiger partial charge >= 0.3 is 0 Å². The molecule has 2 aliphatic heterocycles. The quantitative estimate of drug-likeness (QED) is 0.884. The zero-order chi connectivity index (χ0) is 13.3. The normalized spacial score (nSPS) is 29.7. The molecule has 4 heteroatoms. The van der Waals surface area contributed by atoms with E-state index >= 15 is 0 Å². The minimum absolute atomic E-state index is 0.331. The lowest BCUT2D eigenvalue weighted by Gasteiger charge is -2.36. The molecule has 2 heterocycles. The van der Waals surface area contributed by atoms with E-state index in [1.165, 1.54) is 0 Å². The van der Waals surface area contributed by atoms with Crippen LogP contribution in [0.1, 0.15) is 18.4 Å². The highest BCUT2D eigenvalue weighted by molar-refractivity contribution is 5.31. The van der Waals surface area contributed by atoms with Crippen molar-refractivity contribution in [3.05, 3.63) is 35.9 Å². The third-order valence-electron chi connectivity index (χ3n) is 4.08. The van der Waals surface area contributed by atoms with E-state index in [2.05, 4.69) is 11.0 Å². The first kappa shape index (κ1) is 12.6. The van der Waals surface area contributed by atoms with Crippen LogP contribution in [0.5, 0.6) is 0 Å². The molecule has 1 aromatic rings. The number of hydrogen-bond donors (Lipinski definition) is 1. The lowest BCUT2D eigenvalue weighted by molar-refractivity contribution is -0.0421. The highest BCUT2D eigenvalue weighted by atomic mass is 16.5. The van der Waals surface area contributed by atoms with Gasteiger partial charge in [0.05, 0.1) is 18.3 Å². The van der Waals surface area contributed by atoms with Crippen molar-refractivity contribution >= 4 is 0 Å². The second-order valence-corrected chi connectivity index (χ2v) is 5.60. The molecule has 0 aromatic heterocycles. The van der Waals surface area contributed by atoms with Gasteiger partial charge in [-0.05, 0) is 18.4 Å². The van der Waals surface area contributed by atoms with Crippen LogP contribution in [-0.4, -0.2) is 36.7 Å². The summed E-state index contributed by atoms with van der Waals surface area (Å²) in [7, 11) is 0. The molecule has 0 saturated carbocycles. The van der Waals surface area contributed by atoms with E-state index < -0.39 is 5.54 Å². The van der Waals surface area contributed by atoms with E-state index in [0.717, 1.165) is 31.5 Å². The molecule has 19 heavy (non-hydrogen) atoms. The predicted octanol–water partition coefficient (Wildman–Crippen LogP) is 1.23. The number of rotatable bonds is 3. The number of fused-ring (bicyclic) bond motifs is 2. The molecule has 4 nitrogen and oxygen atoms in total. The highest BCUT2D eigenvalue weighted by Crippen LogP contribution is 2.28. The van der Waals surface area contributed by atoms with Crippen molar-refractivity contribution in [1.82, 2.24) is 4.90 Å². The lowest BCUT2D eigenvalue weighted by Crippen LogP contribution is -2.52. The smallest absolute Gasteiger partial charge is 0.142 e. The number of ether oxygens (including phenoxy) is 1. The van der Waals surface area contributed by atoms with Gasteiger partial charge in [0.15, 0.2) is 0 Å². The van der Waals surface area contributed by atoms with Crippen LogP contribution in [0.4, 0.5) is 0 Å². The summed E-state index contributed by atoms with van der Waals surface area (Å²) in [6.07, 6.45) is 2.93. The Balaban J connectivity index is 1.75. The molecule has 2 saturated heterocycles. The number of likely N-dealkylation sites (tertiary alicyclic amines) is 1. The van der Waals surface area contributed by atoms with E-state index in [1.807, 2.05) is 30.3 Å². The van der Waals surface area contributed by atoms with Gasteiger partial charge in [0.2, 0.25) is 0 Å². The number of benzene rings is 1. The molecule has 2 fully saturated rings. The number of nitrogens with zero attached hydrogens (tertiary/aromatic N) is 2.